The van der Waals surface area contributed by atoms with E-state index in [0.29, 0.717) is 26.7 Å². The number of nitrogens with zero attached hydrogens (tertiary/aromatic N) is 1. The molecule has 1 aromatic heterocycles. The molecule has 0 radical (unpaired) electrons. The summed E-state index contributed by atoms with van der Waals surface area (Å²) in [6.07, 6.45) is -4.38. The van der Waals surface area contributed by atoms with Crippen LogP contribution in [0, 0.1) is 0 Å². The first-order valence-corrected chi connectivity index (χ1v) is 12.8. The van der Waals surface area contributed by atoms with Gasteiger partial charge in [0.25, 0.3) is 5.91 Å². The van der Waals surface area contributed by atoms with Crippen molar-refractivity contribution in [2.24, 2.45) is 0 Å². The largest absolute Gasteiger partial charge is 0.459 e. The van der Waals surface area contributed by atoms with Gasteiger partial charge in [0.2, 0.25) is 0 Å². The summed E-state index contributed by atoms with van der Waals surface area (Å²) in [4.78, 5) is 29.5. The van der Waals surface area contributed by atoms with Gasteiger partial charge >= 0.3 is 12.1 Å². The second-order valence-corrected chi connectivity index (χ2v) is 12.3. The third kappa shape index (κ3) is 7.57. The molecule has 1 N–H and O–H groups in total. The highest BCUT2D eigenvalue weighted by Crippen LogP contribution is 2.36. The predicted molar refractivity (Wildman–Crippen MR) is 136 cm³/mol. The number of thioether (sulfide) groups is 1. The fraction of sp³-hybridized carbons (Fsp3) is 0.346. The summed E-state index contributed by atoms with van der Waals surface area (Å²) in [6, 6.07) is 11.5. The van der Waals surface area contributed by atoms with Gasteiger partial charge in [-0.2, -0.15) is 13.2 Å². The number of thiazole rings is 1. The SMILES string of the molecule is CC(C)(C)OC(=O)C(C)(C)Sc1nc(CNC(=O)c2ccc(-c3ccc(C(F)(F)F)cc3)cc2)cs1. The van der Waals surface area contributed by atoms with Gasteiger partial charge in [0, 0.05) is 10.9 Å². The van der Waals surface area contributed by atoms with Crippen LogP contribution >= 0.6 is 23.1 Å². The molecule has 0 saturated heterocycles. The molecule has 0 bridgehead atoms. The maximum Gasteiger partial charge on any atom is 0.416 e. The zero-order chi connectivity index (χ0) is 26.7. The third-order valence-corrected chi connectivity index (χ3v) is 7.05. The van der Waals surface area contributed by atoms with E-state index in [1.165, 1.54) is 35.2 Å². The van der Waals surface area contributed by atoms with Crippen molar-refractivity contribution in [3.05, 3.63) is 70.7 Å². The number of amides is 1. The van der Waals surface area contributed by atoms with Crippen molar-refractivity contribution in [2.75, 3.05) is 0 Å². The average Bonchev–Trinajstić information content (AvgIpc) is 3.22. The van der Waals surface area contributed by atoms with Crippen molar-refractivity contribution in [1.29, 1.82) is 0 Å². The van der Waals surface area contributed by atoms with E-state index in [2.05, 4.69) is 10.3 Å². The number of hydrogen-bond acceptors (Lipinski definition) is 6. The Bertz CT molecular complexity index is 1210. The molecule has 0 spiro atoms. The maximum absolute atomic E-state index is 12.8. The van der Waals surface area contributed by atoms with Gasteiger partial charge in [-0.25, -0.2) is 4.98 Å². The van der Waals surface area contributed by atoms with E-state index in [-0.39, 0.29) is 18.4 Å². The van der Waals surface area contributed by atoms with E-state index in [0.717, 1.165) is 12.1 Å². The standard InChI is InChI=1S/C26H27F3N2O3S2/c1-24(2,3)34-22(33)25(4,5)36-23-31-20(15-35-23)14-30-21(32)18-8-6-16(7-9-18)17-10-12-19(13-11-17)26(27,28)29/h6-13,15H,14H2,1-5H3,(H,30,32). The summed E-state index contributed by atoms with van der Waals surface area (Å²) in [5, 5.41) is 4.63. The number of hydrogen-bond donors (Lipinski definition) is 1. The number of nitrogens with one attached hydrogen (secondary N) is 1. The highest BCUT2D eigenvalue weighted by molar-refractivity contribution is 8.03. The molecule has 2 aromatic carbocycles. The Morgan fingerprint density at radius 2 is 1.50 bits per heavy atom. The molecule has 0 fully saturated rings. The summed E-state index contributed by atoms with van der Waals surface area (Å²) < 4.78 is 43.6. The van der Waals surface area contributed by atoms with Crippen molar-refractivity contribution in [3.63, 3.8) is 0 Å². The van der Waals surface area contributed by atoms with Crippen LogP contribution in [-0.2, 0) is 22.3 Å². The first kappa shape index (κ1) is 27.7. The van der Waals surface area contributed by atoms with E-state index in [9.17, 15) is 22.8 Å². The molecule has 0 aliphatic rings. The van der Waals surface area contributed by atoms with Crippen molar-refractivity contribution < 1.29 is 27.5 Å². The molecule has 1 amide bonds. The minimum absolute atomic E-state index is 0.212. The van der Waals surface area contributed by atoms with Gasteiger partial charge in [-0.05, 0) is 70.0 Å². The second-order valence-electron chi connectivity index (χ2n) is 9.55. The molecular formula is C26H27F3N2O3S2. The Hall–Kier alpha value is -2.85. The smallest absolute Gasteiger partial charge is 0.416 e. The molecular weight excluding hydrogens is 509 g/mol. The van der Waals surface area contributed by atoms with Gasteiger partial charge in [0.15, 0.2) is 4.34 Å². The number of rotatable bonds is 7. The lowest BCUT2D eigenvalue weighted by Crippen LogP contribution is -2.36. The fourth-order valence-electron chi connectivity index (χ4n) is 3.02. The molecule has 5 nitrogen and oxygen atoms in total. The summed E-state index contributed by atoms with van der Waals surface area (Å²) in [5.74, 6) is -0.630. The number of alkyl halides is 3. The Morgan fingerprint density at radius 3 is 2.03 bits per heavy atom. The minimum atomic E-state index is -4.38. The predicted octanol–water partition coefficient (Wildman–Crippen LogP) is 6.97. The van der Waals surface area contributed by atoms with E-state index in [1.54, 1.807) is 38.1 Å². The lowest BCUT2D eigenvalue weighted by molar-refractivity contribution is -0.156. The summed E-state index contributed by atoms with van der Waals surface area (Å²) in [7, 11) is 0. The van der Waals surface area contributed by atoms with Crippen LogP contribution in [0.5, 0.6) is 0 Å². The maximum atomic E-state index is 12.8. The van der Waals surface area contributed by atoms with Crippen molar-refractivity contribution in [3.8, 4) is 11.1 Å². The van der Waals surface area contributed by atoms with Crippen molar-refractivity contribution in [2.45, 2.75) is 62.0 Å². The van der Waals surface area contributed by atoms with Crippen molar-refractivity contribution >= 4 is 35.0 Å². The summed E-state index contributed by atoms with van der Waals surface area (Å²) >= 11 is 2.69. The monoisotopic (exact) mass is 536 g/mol. The summed E-state index contributed by atoms with van der Waals surface area (Å²) in [6.45, 7) is 9.23. The number of esters is 1. The van der Waals surface area contributed by atoms with E-state index in [1.807, 2.05) is 26.2 Å². The summed E-state index contributed by atoms with van der Waals surface area (Å²) in [5.41, 5.74) is 1.12. The van der Waals surface area contributed by atoms with Crippen LogP contribution in [0.15, 0.2) is 58.3 Å². The Balaban J connectivity index is 1.56. The molecule has 1 heterocycles. The van der Waals surface area contributed by atoms with Gasteiger partial charge in [-0.3, -0.25) is 9.59 Å². The van der Waals surface area contributed by atoms with Crippen LogP contribution in [0.3, 0.4) is 0 Å². The number of benzene rings is 2. The number of carbonyl (C=O) groups excluding carboxylic acids is 2. The quantitative estimate of drug-likeness (QED) is 0.261. The number of carbonyl (C=O) groups is 2. The molecule has 0 aliphatic carbocycles. The van der Waals surface area contributed by atoms with Crippen LogP contribution in [0.4, 0.5) is 13.2 Å². The first-order chi connectivity index (χ1) is 16.6. The zero-order valence-corrected chi connectivity index (χ0v) is 22.2. The van der Waals surface area contributed by atoms with Gasteiger partial charge in [0.1, 0.15) is 10.3 Å². The molecule has 3 rings (SSSR count). The molecule has 0 atom stereocenters. The highest BCUT2D eigenvalue weighted by atomic mass is 32.2. The average molecular weight is 537 g/mol. The first-order valence-electron chi connectivity index (χ1n) is 11.1. The van der Waals surface area contributed by atoms with Crippen LogP contribution in [-0.4, -0.2) is 27.2 Å². The Labute approximate surface area is 216 Å². The Kier molecular flexibility index (Phi) is 8.20. The molecule has 0 saturated carbocycles. The second kappa shape index (κ2) is 10.6. The molecule has 0 unspecified atom stereocenters. The minimum Gasteiger partial charge on any atom is -0.459 e. The number of ether oxygens (including phenoxy) is 1. The molecule has 3 aromatic rings. The lowest BCUT2D eigenvalue weighted by Gasteiger charge is -2.27. The van der Waals surface area contributed by atoms with Crippen LogP contribution in [0.1, 0.15) is 56.2 Å². The lowest BCUT2D eigenvalue weighted by atomic mass is 10.0. The topological polar surface area (TPSA) is 68.3 Å². The molecule has 0 aliphatic heterocycles. The van der Waals surface area contributed by atoms with Crippen LogP contribution in [0.25, 0.3) is 11.1 Å². The fourth-order valence-corrected chi connectivity index (χ4v) is 5.25. The molecule has 36 heavy (non-hydrogen) atoms. The molecule has 10 heteroatoms. The normalized spacial score (nSPS) is 12.3. The van der Waals surface area contributed by atoms with Gasteiger partial charge in [0.05, 0.1) is 17.8 Å². The van der Waals surface area contributed by atoms with Gasteiger partial charge in [-0.1, -0.05) is 36.0 Å². The van der Waals surface area contributed by atoms with Gasteiger partial charge in [-0.15, -0.1) is 11.3 Å². The highest BCUT2D eigenvalue weighted by Gasteiger charge is 2.34. The number of halogens is 3. The molecule has 192 valence electrons. The Morgan fingerprint density at radius 1 is 0.944 bits per heavy atom. The van der Waals surface area contributed by atoms with Crippen molar-refractivity contribution in [1.82, 2.24) is 10.3 Å². The zero-order valence-electron chi connectivity index (χ0n) is 20.5. The van der Waals surface area contributed by atoms with Crippen LogP contribution in [0.2, 0.25) is 0 Å². The van der Waals surface area contributed by atoms with Crippen LogP contribution < -0.4 is 5.32 Å². The van der Waals surface area contributed by atoms with E-state index in [4.69, 9.17) is 4.74 Å². The van der Waals surface area contributed by atoms with E-state index >= 15 is 0 Å². The third-order valence-electron chi connectivity index (χ3n) is 4.89. The van der Waals surface area contributed by atoms with E-state index < -0.39 is 22.1 Å². The number of aromatic nitrogens is 1. The van der Waals surface area contributed by atoms with Gasteiger partial charge < -0.3 is 10.1 Å².